The van der Waals surface area contributed by atoms with Crippen LogP contribution in [0.1, 0.15) is 13.8 Å². The Bertz CT molecular complexity index is 277. The molecule has 0 aliphatic rings. The molecule has 7 nitrogen and oxygen atoms in total. The SMILES string of the molecule is C=CC(=O)OCCNC(=O)NCC(OCC)OCC. The van der Waals surface area contributed by atoms with E-state index in [1.165, 1.54) is 0 Å². The summed E-state index contributed by atoms with van der Waals surface area (Å²) in [6.07, 6.45) is 0.605. The molecule has 7 heteroatoms. The number of urea groups is 1. The third kappa shape index (κ3) is 10.0. The van der Waals surface area contributed by atoms with Crippen LogP contribution < -0.4 is 10.6 Å². The van der Waals surface area contributed by atoms with Crippen molar-refractivity contribution in [2.45, 2.75) is 20.1 Å². The molecule has 0 atom stereocenters. The van der Waals surface area contributed by atoms with Gasteiger partial charge in [-0.2, -0.15) is 0 Å². The molecule has 0 heterocycles. The van der Waals surface area contributed by atoms with E-state index in [4.69, 9.17) is 14.2 Å². The van der Waals surface area contributed by atoms with Gasteiger partial charge >= 0.3 is 12.0 Å². The lowest BCUT2D eigenvalue weighted by Crippen LogP contribution is -2.42. The zero-order valence-electron chi connectivity index (χ0n) is 11.4. The summed E-state index contributed by atoms with van der Waals surface area (Å²) in [7, 11) is 0. The molecule has 2 amide bonds. The van der Waals surface area contributed by atoms with Crippen molar-refractivity contribution in [3.63, 3.8) is 0 Å². The number of hydrogen-bond donors (Lipinski definition) is 2. The van der Waals surface area contributed by atoms with Crippen LogP contribution in [-0.4, -0.2) is 51.2 Å². The molecule has 0 bridgehead atoms. The maximum Gasteiger partial charge on any atom is 0.330 e. The van der Waals surface area contributed by atoms with Crippen LogP contribution in [0.15, 0.2) is 12.7 Å². The highest BCUT2D eigenvalue weighted by molar-refractivity contribution is 5.81. The van der Waals surface area contributed by atoms with Crippen molar-refractivity contribution in [3.8, 4) is 0 Å². The van der Waals surface area contributed by atoms with Crippen LogP contribution in [0.2, 0.25) is 0 Å². The lowest BCUT2D eigenvalue weighted by molar-refractivity contribution is -0.137. The standard InChI is InChI=1S/C12H22N2O5/c1-4-10(15)19-8-7-13-12(16)14-9-11(17-5-2)18-6-3/h4,11H,1,5-9H2,2-3H3,(H2,13,14,16). The van der Waals surface area contributed by atoms with E-state index in [9.17, 15) is 9.59 Å². The molecule has 0 saturated carbocycles. The maximum atomic E-state index is 11.4. The van der Waals surface area contributed by atoms with Crippen LogP contribution in [0.5, 0.6) is 0 Å². The fourth-order valence-corrected chi connectivity index (χ4v) is 1.15. The summed E-state index contributed by atoms with van der Waals surface area (Å²) in [5, 5.41) is 5.12. The molecule has 110 valence electrons. The van der Waals surface area contributed by atoms with Gasteiger partial charge in [0.1, 0.15) is 6.61 Å². The second-order valence-corrected chi connectivity index (χ2v) is 3.35. The highest BCUT2D eigenvalue weighted by atomic mass is 16.7. The molecule has 0 aliphatic heterocycles. The zero-order valence-corrected chi connectivity index (χ0v) is 11.4. The van der Waals surface area contributed by atoms with E-state index in [1.54, 1.807) is 0 Å². The number of esters is 1. The highest BCUT2D eigenvalue weighted by Gasteiger charge is 2.09. The minimum atomic E-state index is -0.519. The molecule has 0 aromatic heterocycles. The van der Waals surface area contributed by atoms with Gasteiger partial charge < -0.3 is 24.8 Å². The minimum Gasteiger partial charge on any atom is -0.461 e. The molecule has 19 heavy (non-hydrogen) atoms. The summed E-state index contributed by atoms with van der Waals surface area (Å²) in [4.78, 5) is 22.1. The summed E-state index contributed by atoms with van der Waals surface area (Å²) in [5.74, 6) is -0.519. The van der Waals surface area contributed by atoms with Gasteiger partial charge in [0.25, 0.3) is 0 Å². The average Bonchev–Trinajstić information content (AvgIpc) is 2.41. The third-order valence-corrected chi connectivity index (χ3v) is 1.93. The maximum absolute atomic E-state index is 11.4. The van der Waals surface area contributed by atoms with Gasteiger partial charge in [-0.3, -0.25) is 0 Å². The smallest absolute Gasteiger partial charge is 0.330 e. The van der Waals surface area contributed by atoms with Gasteiger partial charge in [-0.05, 0) is 13.8 Å². The Balaban J connectivity index is 3.67. The van der Waals surface area contributed by atoms with E-state index in [1.807, 2.05) is 13.8 Å². The van der Waals surface area contributed by atoms with Crippen LogP contribution in [0.4, 0.5) is 4.79 Å². The molecular formula is C12H22N2O5. The molecular weight excluding hydrogens is 252 g/mol. The van der Waals surface area contributed by atoms with Crippen molar-refractivity contribution in [1.82, 2.24) is 10.6 Å². The van der Waals surface area contributed by atoms with Gasteiger partial charge in [-0.1, -0.05) is 6.58 Å². The van der Waals surface area contributed by atoms with E-state index in [2.05, 4.69) is 17.2 Å². The van der Waals surface area contributed by atoms with Crippen LogP contribution in [0, 0.1) is 0 Å². The first-order valence-corrected chi connectivity index (χ1v) is 6.18. The van der Waals surface area contributed by atoms with Crippen LogP contribution in [-0.2, 0) is 19.0 Å². The molecule has 0 unspecified atom stereocenters. The number of amides is 2. The Kier molecular flexibility index (Phi) is 10.5. The summed E-state index contributed by atoms with van der Waals surface area (Å²) in [6, 6.07) is -0.376. The lowest BCUT2D eigenvalue weighted by Gasteiger charge is -2.17. The Labute approximate surface area is 113 Å². The molecule has 2 N–H and O–H groups in total. The van der Waals surface area contributed by atoms with Crippen molar-refractivity contribution >= 4 is 12.0 Å². The number of carbonyl (C=O) groups excluding carboxylic acids is 2. The summed E-state index contributed by atoms with van der Waals surface area (Å²) < 4.78 is 15.2. The third-order valence-electron chi connectivity index (χ3n) is 1.93. The van der Waals surface area contributed by atoms with Gasteiger partial charge in [0, 0.05) is 19.3 Å². The van der Waals surface area contributed by atoms with Crippen molar-refractivity contribution in [2.75, 3.05) is 32.9 Å². The van der Waals surface area contributed by atoms with Crippen LogP contribution >= 0.6 is 0 Å². The topological polar surface area (TPSA) is 85.9 Å². The van der Waals surface area contributed by atoms with Crippen molar-refractivity contribution in [2.24, 2.45) is 0 Å². The van der Waals surface area contributed by atoms with Crippen molar-refractivity contribution in [3.05, 3.63) is 12.7 Å². The Morgan fingerprint density at radius 2 is 1.84 bits per heavy atom. The Morgan fingerprint density at radius 3 is 2.37 bits per heavy atom. The first-order chi connectivity index (χ1) is 9.13. The van der Waals surface area contributed by atoms with E-state index in [-0.39, 0.29) is 25.7 Å². The number of rotatable bonds is 10. The van der Waals surface area contributed by atoms with Gasteiger partial charge in [0.2, 0.25) is 0 Å². The number of carbonyl (C=O) groups is 2. The van der Waals surface area contributed by atoms with Crippen molar-refractivity contribution in [1.29, 1.82) is 0 Å². The molecule has 0 rings (SSSR count). The van der Waals surface area contributed by atoms with E-state index >= 15 is 0 Å². The quantitative estimate of drug-likeness (QED) is 0.261. The lowest BCUT2D eigenvalue weighted by atomic mass is 10.5. The number of hydrogen-bond acceptors (Lipinski definition) is 5. The predicted molar refractivity (Wildman–Crippen MR) is 69.6 cm³/mol. The van der Waals surface area contributed by atoms with Gasteiger partial charge in [-0.25, -0.2) is 9.59 Å². The molecule has 0 spiro atoms. The van der Waals surface area contributed by atoms with E-state index < -0.39 is 12.3 Å². The number of nitrogens with one attached hydrogen (secondary N) is 2. The summed E-state index contributed by atoms with van der Waals surface area (Å²) in [5.41, 5.74) is 0. The predicted octanol–water partition coefficient (Wildman–Crippen LogP) is 0.414. The van der Waals surface area contributed by atoms with E-state index in [0.29, 0.717) is 13.2 Å². The average molecular weight is 274 g/mol. The summed E-state index contributed by atoms with van der Waals surface area (Å²) >= 11 is 0. The zero-order chi connectivity index (χ0) is 14.5. The van der Waals surface area contributed by atoms with Gasteiger partial charge in [-0.15, -0.1) is 0 Å². The van der Waals surface area contributed by atoms with Gasteiger partial charge in [0.05, 0.1) is 13.1 Å². The summed E-state index contributed by atoms with van der Waals surface area (Å²) in [6.45, 7) is 8.53. The first kappa shape index (κ1) is 17.4. The fourth-order valence-electron chi connectivity index (χ4n) is 1.15. The Morgan fingerprint density at radius 1 is 1.21 bits per heavy atom. The molecule has 0 aromatic rings. The van der Waals surface area contributed by atoms with E-state index in [0.717, 1.165) is 6.08 Å². The normalized spacial score (nSPS) is 10.1. The Hall–Kier alpha value is -1.60. The fraction of sp³-hybridized carbons (Fsp3) is 0.667. The van der Waals surface area contributed by atoms with Gasteiger partial charge in [0.15, 0.2) is 6.29 Å². The van der Waals surface area contributed by atoms with Crippen molar-refractivity contribution < 1.29 is 23.8 Å². The molecule has 0 aliphatic carbocycles. The first-order valence-electron chi connectivity index (χ1n) is 6.18. The number of ether oxygens (including phenoxy) is 3. The monoisotopic (exact) mass is 274 g/mol. The molecule has 0 fully saturated rings. The minimum absolute atomic E-state index is 0.0959. The molecule has 0 saturated heterocycles. The van der Waals surface area contributed by atoms with Crippen LogP contribution in [0.3, 0.4) is 0 Å². The largest absolute Gasteiger partial charge is 0.461 e. The van der Waals surface area contributed by atoms with Crippen LogP contribution in [0.25, 0.3) is 0 Å². The second-order valence-electron chi connectivity index (χ2n) is 3.35. The second kappa shape index (κ2) is 11.5. The highest BCUT2D eigenvalue weighted by Crippen LogP contribution is 1.92. The molecule has 0 aromatic carbocycles. The molecule has 0 radical (unpaired) electrons.